The van der Waals surface area contributed by atoms with Gasteiger partial charge in [-0.25, -0.2) is 4.79 Å². The van der Waals surface area contributed by atoms with E-state index in [1.165, 1.54) is 16.8 Å². The number of aliphatic hydroxyl groups excluding tert-OH is 1. The van der Waals surface area contributed by atoms with Crippen molar-refractivity contribution < 1.29 is 5.11 Å². The van der Waals surface area contributed by atoms with Crippen molar-refractivity contribution >= 4 is 0 Å². The van der Waals surface area contributed by atoms with Gasteiger partial charge in [-0.15, -0.1) is 0 Å². The van der Waals surface area contributed by atoms with Crippen LogP contribution < -0.4 is 11.2 Å². The molecule has 12 heavy (non-hydrogen) atoms. The van der Waals surface area contributed by atoms with Crippen LogP contribution in [0, 0.1) is 0 Å². The minimum Gasteiger partial charge on any atom is -0.392 e. The Hall–Kier alpha value is -1.36. The first-order valence-corrected chi connectivity index (χ1v) is 3.57. The van der Waals surface area contributed by atoms with E-state index in [4.69, 9.17) is 5.11 Å². The van der Waals surface area contributed by atoms with Gasteiger partial charge in [0.25, 0.3) is 5.56 Å². The number of rotatable bonds is 2. The largest absolute Gasteiger partial charge is 0.392 e. The van der Waals surface area contributed by atoms with Crippen molar-refractivity contribution in [2.75, 3.05) is 0 Å². The number of hydrogen-bond donors (Lipinski definition) is 2. The lowest BCUT2D eigenvalue weighted by molar-refractivity contribution is 0.171. The van der Waals surface area contributed by atoms with Crippen molar-refractivity contribution in [3.8, 4) is 0 Å². The van der Waals surface area contributed by atoms with Crippen LogP contribution in [0.25, 0.3) is 0 Å². The lowest BCUT2D eigenvalue weighted by atomic mass is 10.4. The molecule has 1 aromatic heterocycles. The third-order valence-electron chi connectivity index (χ3n) is 1.36. The maximum Gasteiger partial charge on any atom is 0.328 e. The van der Waals surface area contributed by atoms with Crippen LogP contribution in [0.15, 0.2) is 21.9 Å². The fourth-order valence-corrected chi connectivity index (χ4v) is 0.873. The maximum atomic E-state index is 11.0. The summed E-state index contributed by atoms with van der Waals surface area (Å²) in [5.74, 6) is 0. The first kappa shape index (κ1) is 8.73. The third kappa shape index (κ3) is 2.06. The molecular formula is C7H10N2O3. The Kier molecular flexibility index (Phi) is 2.44. The maximum absolute atomic E-state index is 11.0. The Balaban J connectivity index is 3.02. The molecule has 1 unspecified atom stereocenters. The SMILES string of the molecule is CC(O)Cn1ccc(=O)[nH]c1=O. The molecule has 0 aliphatic carbocycles. The molecule has 1 atom stereocenters. The highest BCUT2D eigenvalue weighted by atomic mass is 16.3. The van der Waals surface area contributed by atoms with E-state index in [1.807, 2.05) is 0 Å². The van der Waals surface area contributed by atoms with Crippen molar-refractivity contribution in [3.05, 3.63) is 33.1 Å². The number of aromatic amines is 1. The molecule has 0 fully saturated rings. The number of hydrogen-bond acceptors (Lipinski definition) is 3. The van der Waals surface area contributed by atoms with Gasteiger partial charge in [-0.3, -0.25) is 14.3 Å². The molecular weight excluding hydrogens is 160 g/mol. The number of H-pyrrole nitrogens is 1. The van der Waals surface area contributed by atoms with Gasteiger partial charge in [0.05, 0.1) is 12.6 Å². The Morgan fingerprint density at radius 3 is 2.83 bits per heavy atom. The average Bonchev–Trinajstić information content (AvgIpc) is 1.94. The third-order valence-corrected chi connectivity index (χ3v) is 1.36. The summed E-state index contributed by atoms with van der Waals surface area (Å²) in [4.78, 5) is 23.7. The summed E-state index contributed by atoms with van der Waals surface area (Å²) in [6, 6.07) is 1.24. The van der Waals surface area contributed by atoms with Crippen LogP contribution in [-0.4, -0.2) is 20.8 Å². The molecule has 0 saturated carbocycles. The van der Waals surface area contributed by atoms with Crippen molar-refractivity contribution in [1.29, 1.82) is 0 Å². The second-order valence-electron chi connectivity index (χ2n) is 2.61. The minimum absolute atomic E-state index is 0.190. The van der Waals surface area contributed by atoms with Crippen LogP contribution in [0.1, 0.15) is 6.92 Å². The Morgan fingerprint density at radius 2 is 2.33 bits per heavy atom. The smallest absolute Gasteiger partial charge is 0.328 e. The normalized spacial score (nSPS) is 12.8. The van der Waals surface area contributed by atoms with Gasteiger partial charge >= 0.3 is 5.69 Å². The molecule has 5 nitrogen and oxygen atoms in total. The van der Waals surface area contributed by atoms with Crippen LogP contribution >= 0.6 is 0 Å². The molecule has 2 N–H and O–H groups in total. The van der Waals surface area contributed by atoms with E-state index < -0.39 is 17.4 Å². The molecule has 0 aliphatic rings. The van der Waals surface area contributed by atoms with Gasteiger partial charge in [0.1, 0.15) is 0 Å². The molecule has 0 aliphatic heterocycles. The van der Waals surface area contributed by atoms with E-state index in [-0.39, 0.29) is 6.54 Å². The van der Waals surface area contributed by atoms with E-state index in [2.05, 4.69) is 4.98 Å². The van der Waals surface area contributed by atoms with Crippen molar-refractivity contribution in [3.63, 3.8) is 0 Å². The van der Waals surface area contributed by atoms with Gasteiger partial charge in [-0.05, 0) is 6.92 Å². The molecule has 1 rings (SSSR count). The summed E-state index contributed by atoms with van der Waals surface area (Å²) < 4.78 is 1.24. The first-order valence-electron chi connectivity index (χ1n) is 3.57. The molecule has 0 saturated heterocycles. The van der Waals surface area contributed by atoms with Gasteiger partial charge in [0, 0.05) is 12.3 Å². The molecule has 5 heteroatoms. The first-order chi connectivity index (χ1) is 5.59. The fourth-order valence-electron chi connectivity index (χ4n) is 0.873. The van der Waals surface area contributed by atoms with Crippen molar-refractivity contribution in [1.82, 2.24) is 9.55 Å². The minimum atomic E-state index is -0.603. The Bertz CT molecular complexity index is 363. The van der Waals surface area contributed by atoms with Crippen LogP contribution in [0.5, 0.6) is 0 Å². The summed E-state index contributed by atoms with van der Waals surface area (Å²) in [6.45, 7) is 1.76. The van der Waals surface area contributed by atoms with E-state index in [0.717, 1.165) is 0 Å². The highest BCUT2D eigenvalue weighted by Gasteiger charge is 1.99. The number of aliphatic hydroxyl groups is 1. The van der Waals surface area contributed by atoms with Gasteiger partial charge in [0.2, 0.25) is 0 Å². The fraction of sp³-hybridized carbons (Fsp3) is 0.429. The predicted octanol–water partition coefficient (Wildman–Crippen LogP) is -1.08. The molecule has 1 heterocycles. The summed E-state index contributed by atoms with van der Waals surface area (Å²) in [7, 11) is 0. The topological polar surface area (TPSA) is 75.1 Å². The Labute approximate surface area is 68.3 Å². The zero-order valence-corrected chi connectivity index (χ0v) is 6.65. The second-order valence-corrected chi connectivity index (χ2v) is 2.61. The zero-order chi connectivity index (χ0) is 9.14. The molecule has 1 aromatic rings. The van der Waals surface area contributed by atoms with Crippen LogP contribution in [0.4, 0.5) is 0 Å². The molecule has 0 bridgehead atoms. The molecule has 66 valence electrons. The summed E-state index contributed by atoms with van der Waals surface area (Å²) in [5.41, 5.74) is -0.926. The van der Waals surface area contributed by atoms with Crippen LogP contribution in [0.2, 0.25) is 0 Å². The van der Waals surface area contributed by atoms with Gasteiger partial charge in [-0.1, -0.05) is 0 Å². The van der Waals surface area contributed by atoms with E-state index in [0.29, 0.717) is 0 Å². The van der Waals surface area contributed by atoms with E-state index >= 15 is 0 Å². The number of nitrogens with one attached hydrogen (secondary N) is 1. The highest BCUT2D eigenvalue weighted by Crippen LogP contribution is 1.83. The lowest BCUT2D eigenvalue weighted by Crippen LogP contribution is -2.31. The monoisotopic (exact) mass is 170 g/mol. The van der Waals surface area contributed by atoms with Crippen LogP contribution in [0.3, 0.4) is 0 Å². The molecule has 0 radical (unpaired) electrons. The summed E-state index contributed by atoms with van der Waals surface area (Å²) in [6.07, 6.45) is 0.752. The van der Waals surface area contributed by atoms with E-state index in [1.54, 1.807) is 6.92 Å². The zero-order valence-electron chi connectivity index (χ0n) is 6.65. The van der Waals surface area contributed by atoms with Crippen molar-refractivity contribution in [2.45, 2.75) is 19.6 Å². The van der Waals surface area contributed by atoms with Gasteiger partial charge in [0.15, 0.2) is 0 Å². The number of aromatic nitrogens is 2. The molecule has 0 amide bonds. The molecule has 0 aromatic carbocycles. The standard InChI is InChI=1S/C7H10N2O3/c1-5(10)4-9-3-2-6(11)8-7(9)12/h2-3,5,10H,4H2,1H3,(H,8,11,12). The summed E-state index contributed by atoms with van der Waals surface area (Å²) >= 11 is 0. The van der Waals surface area contributed by atoms with Gasteiger partial charge in [-0.2, -0.15) is 0 Å². The molecule has 0 spiro atoms. The second kappa shape index (κ2) is 3.36. The average molecular weight is 170 g/mol. The summed E-state index contributed by atoms with van der Waals surface area (Å²) in [5, 5.41) is 8.95. The quantitative estimate of drug-likeness (QED) is 0.592. The van der Waals surface area contributed by atoms with Crippen LogP contribution in [-0.2, 0) is 6.54 Å². The van der Waals surface area contributed by atoms with Gasteiger partial charge < -0.3 is 5.11 Å². The highest BCUT2D eigenvalue weighted by molar-refractivity contribution is 4.82. The Morgan fingerprint density at radius 1 is 1.67 bits per heavy atom. The predicted molar refractivity (Wildman–Crippen MR) is 43.0 cm³/mol. The lowest BCUT2D eigenvalue weighted by Gasteiger charge is -2.05. The number of nitrogens with zero attached hydrogens (tertiary/aromatic N) is 1. The van der Waals surface area contributed by atoms with Crippen molar-refractivity contribution in [2.24, 2.45) is 0 Å². The van der Waals surface area contributed by atoms with E-state index in [9.17, 15) is 9.59 Å².